The lowest BCUT2D eigenvalue weighted by atomic mass is 10.1. The molecule has 0 aromatic rings. The van der Waals surface area contributed by atoms with Crippen molar-refractivity contribution in [1.82, 2.24) is 5.01 Å². The summed E-state index contributed by atoms with van der Waals surface area (Å²) in [7, 11) is 0. The summed E-state index contributed by atoms with van der Waals surface area (Å²) in [6, 6.07) is 0. The molecule has 0 spiro atoms. The SMILES string of the molecule is CC1CN(N=O)C1. The van der Waals surface area contributed by atoms with Crippen molar-refractivity contribution in [1.29, 1.82) is 0 Å². The van der Waals surface area contributed by atoms with Gasteiger partial charge in [0.15, 0.2) is 0 Å². The molecular weight excluding hydrogens is 92.1 g/mol. The predicted octanol–water partition coefficient (Wildman–Crippen LogP) is 0.620. The van der Waals surface area contributed by atoms with Gasteiger partial charge in [-0.25, -0.2) is 0 Å². The van der Waals surface area contributed by atoms with E-state index in [-0.39, 0.29) is 0 Å². The van der Waals surface area contributed by atoms with Crippen LogP contribution in [0.3, 0.4) is 0 Å². The molecule has 0 bridgehead atoms. The van der Waals surface area contributed by atoms with E-state index in [1.807, 2.05) is 0 Å². The van der Waals surface area contributed by atoms with Crippen LogP contribution in [0, 0.1) is 10.8 Å². The molecule has 0 atom stereocenters. The van der Waals surface area contributed by atoms with Crippen molar-refractivity contribution in [2.24, 2.45) is 11.2 Å². The molecule has 0 radical (unpaired) electrons. The minimum absolute atomic E-state index is 0.678. The lowest BCUT2D eigenvalue weighted by molar-refractivity contribution is 0.116. The molecule has 7 heavy (non-hydrogen) atoms. The second-order valence-electron chi connectivity index (χ2n) is 2.06. The van der Waals surface area contributed by atoms with E-state index in [0.29, 0.717) is 5.92 Å². The molecule has 0 N–H and O–H groups in total. The highest BCUT2D eigenvalue weighted by Gasteiger charge is 2.21. The predicted molar refractivity (Wildman–Crippen MR) is 26.5 cm³/mol. The van der Waals surface area contributed by atoms with Gasteiger partial charge in [0.05, 0.1) is 5.29 Å². The lowest BCUT2D eigenvalue weighted by Crippen LogP contribution is -2.40. The summed E-state index contributed by atoms with van der Waals surface area (Å²) in [5.41, 5.74) is 0. The van der Waals surface area contributed by atoms with Gasteiger partial charge in [-0.05, 0) is 5.92 Å². The first-order valence-corrected chi connectivity index (χ1v) is 2.41. The first kappa shape index (κ1) is 4.56. The van der Waals surface area contributed by atoms with Gasteiger partial charge in [-0.3, -0.25) is 5.01 Å². The molecule has 40 valence electrons. The summed E-state index contributed by atoms with van der Waals surface area (Å²) in [4.78, 5) is 9.61. The van der Waals surface area contributed by atoms with Gasteiger partial charge in [0.1, 0.15) is 0 Å². The lowest BCUT2D eigenvalue weighted by Gasteiger charge is -2.30. The molecule has 1 rings (SSSR count). The molecule has 3 nitrogen and oxygen atoms in total. The summed E-state index contributed by atoms with van der Waals surface area (Å²) in [6.07, 6.45) is 0. The zero-order chi connectivity index (χ0) is 5.28. The number of nitroso groups, excluding NO2 is 1. The molecule has 0 aromatic carbocycles. The minimum atomic E-state index is 0.678. The highest BCUT2D eigenvalue weighted by Crippen LogP contribution is 2.12. The summed E-state index contributed by atoms with van der Waals surface area (Å²) < 4.78 is 0. The van der Waals surface area contributed by atoms with E-state index in [1.165, 1.54) is 5.01 Å². The van der Waals surface area contributed by atoms with Crippen molar-refractivity contribution in [2.45, 2.75) is 6.92 Å². The van der Waals surface area contributed by atoms with Gasteiger partial charge < -0.3 is 0 Å². The molecule has 0 saturated carbocycles. The molecule has 0 amide bonds. The van der Waals surface area contributed by atoms with Gasteiger partial charge in [-0.1, -0.05) is 6.92 Å². The number of nitrogens with zero attached hydrogens (tertiary/aromatic N) is 2. The van der Waals surface area contributed by atoms with E-state index in [1.54, 1.807) is 0 Å². The Kier molecular flexibility index (Phi) is 0.964. The van der Waals surface area contributed by atoms with Crippen molar-refractivity contribution in [2.75, 3.05) is 13.1 Å². The standard InChI is InChI=1S/C4H8N2O/c1-4-2-6(3-4)5-7/h4H,2-3H2,1H3. The molecule has 1 heterocycles. The van der Waals surface area contributed by atoms with Crippen LogP contribution in [0.5, 0.6) is 0 Å². The fourth-order valence-electron chi connectivity index (χ4n) is 0.733. The molecule has 0 aliphatic carbocycles. The maximum absolute atomic E-state index is 9.61. The highest BCUT2D eigenvalue weighted by atomic mass is 16.3. The Bertz CT molecular complexity index is 77.8. The van der Waals surface area contributed by atoms with Gasteiger partial charge in [-0.2, -0.15) is 0 Å². The van der Waals surface area contributed by atoms with Crippen molar-refractivity contribution in [3.05, 3.63) is 4.91 Å². The van der Waals surface area contributed by atoms with Crippen LogP contribution in [0.25, 0.3) is 0 Å². The Labute approximate surface area is 42.3 Å². The van der Waals surface area contributed by atoms with Gasteiger partial charge in [0, 0.05) is 13.1 Å². The van der Waals surface area contributed by atoms with E-state index in [2.05, 4.69) is 12.2 Å². The Hall–Kier alpha value is -0.600. The first-order valence-electron chi connectivity index (χ1n) is 2.41. The van der Waals surface area contributed by atoms with Crippen LogP contribution >= 0.6 is 0 Å². The normalized spacial score (nSPS) is 21.6. The minimum Gasteiger partial charge on any atom is -0.260 e. The van der Waals surface area contributed by atoms with Crippen LogP contribution in [0.4, 0.5) is 0 Å². The highest BCUT2D eigenvalue weighted by molar-refractivity contribution is 4.71. The molecule has 3 heteroatoms. The topological polar surface area (TPSA) is 32.7 Å². The van der Waals surface area contributed by atoms with E-state index >= 15 is 0 Å². The smallest absolute Gasteiger partial charge is 0.0524 e. The Morgan fingerprint density at radius 2 is 2.29 bits per heavy atom. The molecule has 1 fully saturated rings. The van der Waals surface area contributed by atoms with E-state index in [9.17, 15) is 4.91 Å². The van der Waals surface area contributed by atoms with Crippen LogP contribution in [0.15, 0.2) is 5.29 Å². The fraction of sp³-hybridized carbons (Fsp3) is 1.00. The van der Waals surface area contributed by atoms with Crippen LogP contribution < -0.4 is 0 Å². The molecule has 1 aliphatic rings. The third kappa shape index (κ3) is 0.706. The second kappa shape index (κ2) is 1.48. The molecular formula is C4H8N2O. The van der Waals surface area contributed by atoms with Crippen LogP contribution in [0.1, 0.15) is 6.92 Å². The maximum atomic E-state index is 9.61. The average molecular weight is 100 g/mol. The van der Waals surface area contributed by atoms with E-state index in [4.69, 9.17) is 0 Å². The van der Waals surface area contributed by atoms with Crippen LogP contribution in [-0.4, -0.2) is 18.1 Å². The maximum Gasteiger partial charge on any atom is 0.0524 e. The number of hydrogen-bond donors (Lipinski definition) is 0. The summed E-state index contributed by atoms with van der Waals surface area (Å²) in [5, 5.41) is 4.25. The number of hydrogen-bond acceptors (Lipinski definition) is 2. The average Bonchev–Trinajstić information content (AvgIpc) is 1.58. The largest absolute Gasteiger partial charge is 0.260 e. The molecule has 0 unspecified atom stereocenters. The van der Waals surface area contributed by atoms with E-state index < -0.39 is 0 Å². The van der Waals surface area contributed by atoms with Gasteiger partial charge in [0.2, 0.25) is 0 Å². The Morgan fingerprint density at radius 1 is 1.71 bits per heavy atom. The summed E-state index contributed by atoms with van der Waals surface area (Å²) >= 11 is 0. The monoisotopic (exact) mass is 100 g/mol. The molecule has 1 saturated heterocycles. The second-order valence-corrected chi connectivity index (χ2v) is 2.06. The zero-order valence-corrected chi connectivity index (χ0v) is 4.29. The fourth-order valence-corrected chi connectivity index (χ4v) is 0.733. The first-order chi connectivity index (χ1) is 3.33. The summed E-state index contributed by atoms with van der Waals surface area (Å²) in [6.45, 7) is 3.80. The Balaban J connectivity index is 2.17. The molecule has 0 aromatic heterocycles. The molecule has 1 aliphatic heterocycles. The summed E-state index contributed by atoms with van der Waals surface area (Å²) in [5.74, 6) is 0.678. The van der Waals surface area contributed by atoms with Crippen LogP contribution in [0.2, 0.25) is 0 Å². The van der Waals surface area contributed by atoms with Gasteiger partial charge >= 0.3 is 0 Å². The van der Waals surface area contributed by atoms with Crippen molar-refractivity contribution >= 4 is 0 Å². The quantitative estimate of drug-likeness (QED) is 0.452. The third-order valence-electron chi connectivity index (χ3n) is 1.16. The Morgan fingerprint density at radius 3 is 2.43 bits per heavy atom. The van der Waals surface area contributed by atoms with Crippen LogP contribution in [-0.2, 0) is 0 Å². The van der Waals surface area contributed by atoms with Crippen molar-refractivity contribution < 1.29 is 0 Å². The number of rotatable bonds is 1. The zero-order valence-electron chi connectivity index (χ0n) is 4.29. The van der Waals surface area contributed by atoms with Gasteiger partial charge in [0.25, 0.3) is 0 Å². The van der Waals surface area contributed by atoms with Gasteiger partial charge in [-0.15, -0.1) is 4.91 Å². The van der Waals surface area contributed by atoms with E-state index in [0.717, 1.165) is 13.1 Å². The van der Waals surface area contributed by atoms with Crippen molar-refractivity contribution in [3.8, 4) is 0 Å². The van der Waals surface area contributed by atoms with Crippen molar-refractivity contribution in [3.63, 3.8) is 0 Å². The third-order valence-corrected chi connectivity index (χ3v) is 1.16.